The maximum atomic E-state index is 13.6. The van der Waals surface area contributed by atoms with Crippen LogP contribution in [0.1, 0.15) is 32.3 Å². The van der Waals surface area contributed by atoms with Gasteiger partial charge in [0.25, 0.3) is 0 Å². The monoisotopic (exact) mass is 509 g/mol. The Labute approximate surface area is 206 Å². The number of hydrogen-bond donors (Lipinski definition) is 1. The molecule has 0 bridgehead atoms. The first-order valence-corrected chi connectivity index (χ1v) is 13.3. The molecule has 0 aromatic heterocycles. The minimum Gasteiger partial charge on any atom is -0.497 e. The molecule has 2 aromatic carbocycles. The Kier molecular flexibility index (Phi) is 10.2. The van der Waals surface area contributed by atoms with Gasteiger partial charge in [0.1, 0.15) is 18.3 Å². The maximum absolute atomic E-state index is 13.6. The van der Waals surface area contributed by atoms with E-state index in [1.807, 2.05) is 13.8 Å². The molecule has 2 aromatic rings. The SMILES string of the molecule is CCCNC(=O)[C@@H](CC)N(Cc1ccc(OC)cc1)C(=O)CN(c1ccccc1Cl)S(C)(=O)=O. The first kappa shape index (κ1) is 27.5. The van der Waals surface area contributed by atoms with Crippen molar-refractivity contribution in [2.75, 3.05) is 30.8 Å². The minimum atomic E-state index is -3.83. The quantitative estimate of drug-likeness (QED) is 0.472. The second-order valence-corrected chi connectivity index (χ2v) is 10.1. The van der Waals surface area contributed by atoms with Gasteiger partial charge in [-0.05, 0) is 42.7 Å². The van der Waals surface area contributed by atoms with E-state index in [0.29, 0.717) is 18.7 Å². The number of carbonyl (C=O) groups excluding carboxylic acids is 2. The van der Waals surface area contributed by atoms with Crippen molar-refractivity contribution in [3.63, 3.8) is 0 Å². The van der Waals surface area contributed by atoms with Crippen LogP contribution in [0.2, 0.25) is 5.02 Å². The third kappa shape index (κ3) is 7.36. The molecule has 186 valence electrons. The average molecular weight is 510 g/mol. The molecule has 0 heterocycles. The van der Waals surface area contributed by atoms with E-state index in [2.05, 4.69) is 5.32 Å². The molecule has 0 saturated heterocycles. The van der Waals surface area contributed by atoms with E-state index in [-0.39, 0.29) is 23.2 Å². The third-order valence-corrected chi connectivity index (χ3v) is 6.69. The number of ether oxygens (including phenoxy) is 1. The fourth-order valence-corrected chi connectivity index (χ4v) is 4.61. The molecule has 1 atom stereocenters. The molecule has 0 aliphatic carbocycles. The highest BCUT2D eigenvalue weighted by Crippen LogP contribution is 2.27. The van der Waals surface area contributed by atoms with Crippen molar-refractivity contribution in [1.29, 1.82) is 0 Å². The lowest BCUT2D eigenvalue weighted by Gasteiger charge is -2.33. The van der Waals surface area contributed by atoms with Gasteiger partial charge in [0.2, 0.25) is 21.8 Å². The number of nitrogens with zero attached hydrogens (tertiary/aromatic N) is 2. The smallest absolute Gasteiger partial charge is 0.244 e. The predicted octanol–water partition coefficient (Wildman–Crippen LogP) is 3.45. The van der Waals surface area contributed by atoms with E-state index in [4.69, 9.17) is 16.3 Å². The summed E-state index contributed by atoms with van der Waals surface area (Å²) in [6.45, 7) is 3.87. The number of benzene rings is 2. The highest BCUT2D eigenvalue weighted by atomic mass is 35.5. The highest BCUT2D eigenvalue weighted by Gasteiger charge is 2.32. The van der Waals surface area contributed by atoms with Crippen LogP contribution >= 0.6 is 11.6 Å². The summed E-state index contributed by atoms with van der Waals surface area (Å²) in [7, 11) is -2.27. The molecule has 10 heteroatoms. The van der Waals surface area contributed by atoms with Crippen LogP contribution in [0.4, 0.5) is 5.69 Å². The zero-order valence-electron chi connectivity index (χ0n) is 20.0. The molecule has 2 amide bonds. The van der Waals surface area contributed by atoms with Crippen molar-refractivity contribution < 1.29 is 22.7 Å². The van der Waals surface area contributed by atoms with Crippen LogP contribution in [0.25, 0.3) is 0 Å². The molecule has 0 radical (unpaired) electrons. The van der Waals surface area contributed by atoms with Gasteiger partial charge in [-0.15, -0.1) is 0 Å². The molecule has 0 fully saturated rings. The molecule has 2 rings (SSSR count). The van der Waals surface area contributed by atoms with Crippen molar-refractivity contribution in [2.45, 2.75) is 39.3 Å². The van der Waals surface area contributed by atoms with Crippen LogP contribution in [0.5, 0.6) is 5.75 Å². The Morgan fingerprint density at radius 2 is 1.74 bits per heavy atom. The topological polar surface area (TPSA) is 96.0 Å². The molecule has 34 heavy (non-hydrogen) atoms. The number of methoxy groups -OCH3 is 1. The van der Waals surface area contributed by atoms with Crippen molar-refractivity contribution in [3.8, 4) is 5.75 Å². The lowest BCUT2D eigenvalue weighted by Crippen LogP contribution is -2.52. The second-order valence-electron chi connectivity index (χ2n) is 7.81. The zero-order valence-corrected chi connectivity index (χ0v) is 21.5. The van der Waals surface area contributed by atoms with Crippen molar-refractivity contribution >= 4 is 39.1 Å². The number of para-hydroxylation sites is 1. The molecule has 1 N–H and O–H groups in total. The first-order valence-electron chi connectivity index (χ1n) is 11.0. The normalized spacial score (nSPS) is 12.0. The number of amides is 2. The van der Waals surface area contributed by atoms with Gasteiger partial charge >= 0.3 is 0 Å². The number of halogens is 1. The van der Waals surface area contributed by atoms with Gasteiger partial charge < -0.3 is 15.0 Å². The van der Waals surface area contributed by atoms with E-state index < -0.39 is 28.5 Å². The predicted molar refractivity (Wildman–Crippen MR) is 135 cm³/mol. The standard InChI is InChI=1S/C24H32ClN3O5S/c1-5-15-26-24(30)21(6-2)27(16-18-11-13-19(33-3)14-12-18)23(29)17-28(34(4,31)32)22-10-8-7-9-20(22)25/h7-14,21H,5-6,15-17H2,1-4H3,(H,26,30)/t21-/m1/s1. The van der Waals surface area contributed by atoms with Crippen LogP contribution in [0.15, 0.2) is 48.5 Å². The van der Waals surface area contributed by atoms with Gasteiger partial charge in [-0.1, -0.05) is 49.7 Å². The number of hydrogen-bond acceptors (Lipinski definition) is 5. The molecule has 0 aliphatic rings. The van der Waals surface area contributed by atoms with Crippen LogP contribution < -0.4 is 14.4 Å². The first-order chi connectivity index (χ1) is 16.1. The van der Waals surface area contributed by atoms with E-state index in [1.165, 1.54) is 11.0 Å². The molecular weight excluding hydrogens is 478 g/mol. The average Bonchev–Trinajstić information content (AvgIpc) is 2.81. The lowest BCUT2D eigenvalue weighted by atomic mass is 10.1. The lowest BCUT2D eigenvalue weighted by molar-refractivity contribution is -0.140. The van der Waals surface area contributed by atoms with Gasteiger partial charge in [0.15, 0.2) is 0 Å². The Balaban J connectivity index is 2.42. The Morgan fingerprint density at radius 1 is 1.09 bits per heavy atom. The number of anilines is 1. The van der Waals surface area contributed by atoms with Gasteiger partial charge in [-0.3, -0.25) is 13.9 Å². The van der Waals surface area contributed by atoms with Crippen LogP contribution in [-0.2, 0) is 26.2 Å². The summed E-state index contributed by atoms with van der Waals surface area (Å²) in [4.78, 5) is 27.9. The molecule has 0 saturated carbocycles. The van der Waals surface area contributed by atoms with Crippen LogP contribution in [0, 0.1) is 0 Å². The Bertz CT molecular complexity index is 1080. The number of rotatable bonds is 12. The number of carbonyl (C=O) groups is 2. The van der Waals surface area contributed by atoms with Crippen molar-refractivity contribution in [1.82, 2.24) is 10.2 Å². The minimum absolute atomic E-state index is 0.126. The summed E-state index contributed by atoms with van der Waals surface area (Å²) in [5.41, 5.74) is 0.979. The van der Waals surface area contributed by atoms with Gasteiger partial charge in [0.05, 0.1) is 24.1 Å². The summed E-state index contributed by atoms with van der Waals surface area (Å²) >= 11 is 6.24. The van der Waals surface area contributed by atoms with Crippen molar-refractivity contribution in [3.05, 3.63) is 59.1 Å². The fourth-order valence-electron chi connectivity index (χ4n) is 3.46. The van der Waals surface area contributed by atoms with E-state index >= 15 is 0 Å². The molecule has 0 spiro atoms. The van der Waals surface area contributed by atoms with Crippen molar-refractivity contribution in [2.24, 2.45) is 0 Å². The second kappa shape index (κ2) is 12.6. The van der Waals surface area contributed by atoms with Crippen LogP contribution in [0.3, 0.4) is 0 Å². The summed E-state index contributed by atoms with van der Waals surface area (Å²) in [5.74, 6) is -0.133. The summed E-state index contributed by atoms with van der Waals surface area (Å²) in [6, 6.07) is 12.8. The number of sulfonamides is 1. The summed E-state index contributed by atoms with van der Waals surface area (Å²) < 4.78 is 31.3. The summed E-state index contributed by atoms with van der Waals surface area (Å²) in [6.07, 6.45) is 2.13. The Hall–Kier alpha value is -2.78. The van der Waals surface area contributed by atoms with E-state index in [1.54, 1.807) is 49.6 Å². The zero-order chi connectivity index (χ0) is 25.3. The number of nitrogens with one attached hydrogen (secondary N) is 1. The third-order valence-electron chi connectivity index (χ3n) is 5.25. The molecule has 8 nitrogen and oxygen atoms in total. The Morgan fingerprint density at radius 3 is 2.26 bits per heavy atom. The van der Waals surface area contributed by atoms with E-state index in [0.717, 1.165) is 22.5 Å². The van der Waals surface area contributed by atoms with Gasteiger partial charge in [0, 0.05) is 13.1 Å². The molecular formula is C24H32ClN3O5S. The van der Waals surface area contributed by atoms with Gasteiger partial charge in [-0.25, -0.2) is 8.42 Å². The van der Waals surface area contributed by atoms with Crippen LogP contribution in [-0.4, -0.2) is 57.6 Å². The highest BCUT2D eigenvalue weighted by molar-refractivity contribution is 7.92. The molecule has 0 unspecified atom stereocenters. The van der Waals surface area contributed by atoms with Gasteiger partial charge in [-0.2, -0.15) is 0 Å². The van der Waals surface area contributed by atoms with E-state index in [9.17, 15) is 18.0 Å². The summed E-state index contributed by atoms with van der Waals surface area (Å²) in [5, 5.41) is 3.05. The molecule has 0 aliphatic heterocycles. The maximum Gasteiger partial charge on any atom is 0.244 e. The fraction of sp³-hybridized carbons (Fsp3) is 0.417. The largest absolute Gasteiger partial charge is 0.497 e.